The zero-order chi connectivity index (χ0) is 10.1. The fraction of sp³-hybridized carbons (Fsp3) is 0. The lowest BCUT2D eigenvalue weighted by atomic mass is 10.3. The van der Waals surface area contributed by atoms with E-state index in [1.54, 1.807) is 12.1 Å². The Morgan fingerprint density at radius 1 is 1.50 bits per heavy atom. The Hall–Kier alpha value is -1.82. The number of nitrogens with zero attached hydrogens (tertiary/aromatic N) is 2. The molecule has 72 valence electrons. The van der Waals surface area contributed by atoms with Crippen LogP contribution >= 0.6 is 11.3 Å². The molecule has 6 heteroatoms. The third kappa shape index (κ3) is 1.35. The Morgan fingerprint density at radius 3 is 3.00 bits per heavy atom. The highest BCUT2D eigenvalue weighted by molar-refractivity contribution is 7.20. The number of nitrogens with two attached hydrogens (primary N) is 2. The Morgan fingerprint density at radius 2 is 2.29 bits per heavy atom. The van der Waals surface area contributed by atoms with Gasteiger partial charge in [0.25, 0.3) is 0 Å². The fourth-order valence-corrected chi connectivity index (χ4v) is 1.94. The van der Waals surface area contributed by atoms with E-state index in [-0.39, 0.29) is 5.84 Å². The summed E-state index contributed by atoms with van der Waals surface area (Å²) < 4.78 is 0.959. The van der Waals surface area contributed by atoms with Gasteiger partial charge in [-0.2, -0.15) is 0 Å². The van der Waals surface area contributed by atoms with E-state index in [0.717, 1.165) is 10.2 Å². The minimum absolute atomic E-state index is 0.0183. The van der Waals surface area contributed by atoms with Crippen molar-refractivity contribution in [3.05, 3.63) is 23.2 Å². The molecule has 0 aliphatic heterocycles. The summed E-state index contributed by atoms with van der Waals surface area (Å²) in [4.78, 5) is 4.17. The number of anilines is 1. The van der Waals surface area contributed by atoms with Gasteiger partial charge in [0.2, 0.25) is 0 Å². The van der Waals surface area contributed by atoms with Crippen LogP contribution < -0.4 is 11.5 Å². The molecule has 5 N–H and O–H groups in total. The highest BCUT2D eigenvalue weighted by Crippen LogP contribution is 2.23. The van der Waals surface area contributed by atoms with Gasteiger partial charge in [-0.3, -0.25) is 0 Å². The number of nitrogen functional groups attached to an aromatic ring is 1. The Bertz CT molecular complexity index is 505. The molecular formula is C8H8N4OS. The second-order valence-corrected chi connectivity index (χ2v) is 3.76. The monoisotopic (exact) mass is 208 g/mol. The predicted molar refractivity (Wildman–Crippen MR) is 56.5 cm³/mol. The first kappa shape index (κ1) is 8.76. The van der Waals surface area contributed by atoms with E-state index in [9.17, 15) is 0 Å². The molecule has 0 unspecified atom stereocenters. The maximum Gasteiger partial charge on any atom is 0.199 e. The SMILES string of the molecule is NC(=NO)c1nc2cc(N)ccc2s1. The molecule has 14 heavy (non-hydrogen) atoms. The third-order valence-electron chi connectivity index (χ3n) is 1.74. The summed E-state index contributed by atoms with van der Waals surface area (Å²) in [5, 5.41) is 11.9. The van der Waals surface area contributed by atoms with E-state index < -0.39 is 0 Å². The molecule has 1 aromatic heterocycles. The van der Waals surface area contributed by atoms with Gasteiger partial charge in [-0.15, -0.1) is 11.3 Å². The number of hydrogen-bond acceptors (Lipinski definition) is 5. The highest BCUT2D eigenvalue weighted by atomic mass is 32.1. The van der Waals surface area contributed by atoms with Crippen molar-refractivity contribution in [2.45, 2.75) is 0 Å². The molecule has 0 atom stereocenters. The van der Waals surface area contributed by atoms with E-state index in [2.05, 4.69) is 10.1 Å². The summed E-state index contributed by atoms with van der Waals surface area (Å²) in [5.74, 6) is 0.0183. The first-order chi connectivity index (χ1) is 6.70. The quantitative estimate of drug-likeness (QED) is 0.214. The van der Waals surface area contributed by atoms with Gasteiger partial charge in [0.1, 0.15) is 0 Å². The number of aromatic nitrogens is 1. The smallest absolute Gasteiger partial charge is 0.199 e. The van der Waals surface area contributed by atoms with Crippen LogP contribution in [-0.2, 0) is 0 Å². The molecular weight excluding hydrogens is 200 g/mol. The summed E-state index contributed by atoms with van der Waals surface area (Å²) in [7, 11) is 0. The topological polar surface area (TPSA) is 97.5 Å². The minimum Gasteiger partial charge on any atom is -0.409 e. The number of thiazole rings is 1. The Balaban J connectivity index is 2.62. The first-order valence-corrected chi connectivity index (χ1v) is 4.66. The maximum absolute atomic E-state index is 8.47. The van der Waals surface area contributed by atoms with Gasteiger partial charge >= 0.3 is 0 Å². The maximum atomic E-state index is 8.47. The predicted octanol–water partition coefficient (Wildman–Crippen LogP) is 0.973. The normalized spacial score (nSPS) is 12.1. The van der Waals surface area contributed by atoms with Crippen molar-refractivity contribution in [2.24, 2.45) is 10.9 Å². The van der Waals surface area contributed by atoms with Crippen molar-refractivity contribution in [3.63, 3.8) is 0 Å². The molecule has 1 aromatic carbocycles. The molecule has 1 heterocycles. The lowest BCUT2D eigenvalue weighted by Crippen LogP contribution is -2.12. The molecule has 0 saturated heterocycles. The van der Waals surface area contributed by atoms with Crippen LogP contribution in [-0.4, -0.2) is 16.0 Å². The van der Waals surface area contributed by atoms with Gasteiger partial charge < -0.3 is 16.7 Å². The van der Waals surface area contributed by atoms with Gasteiger partial charge in [0.05, 0.1) is 10.2 Å². The Labute approximate surface area is 83.7 Å². The molecule has 0 spiro atoms. The van der Waals surface area contributed by atoms with E-state index >= 15 is 0 Å². The molecule has 5 nitrogen and oxygen atoms in total. The largest absolute Gasteiger partial charge is 0.409 e. The van der Waals surface area contributed by atoms with Crippen LogP contribution in [0.3, 0.4) is 0 Å². The van der Waals surface area contributed by atoms with E-state index in [1.807, 2.05) is 6.07 Å². The summed E-state index contributed by atoms with van der Waals surface area (Å²) in [6.07, 6.45) is 0. The van der Waals surface area contributed by atoms with Crippen LogP contribution in [0.5, 0.6) is 0 Å². The Kier molecular flexibility index (Phi) is 1.97. The molecule has 0 bridgehead atoms. The fourth-order valence-electron chi connectivity index (χ4n) is 1.10. The van der Waals surface area contributed by atoms with Crippen molar-refractivity contribution >= 4 is 33.1 Å². The van der Waals surface area contributed by atoms with Crippen LogP contribution in [0.15, 0.2) is 23.4 Å². The summed E-state index contributed by atoms with van der Waals surface area (Å²) in [5.41, 5.74) is 12.4. The molecule has 0 fully saturated rings. The lowest BCUT2D eigenvalue weighted by Gasteiger charge is -1.89. The number of rotatable bonds is 1. The molecule has 2 aromatic rings. The summed E-state index contributed by atoms with van der Waals surface area (Å²) in [6.45, 7) is 0. The van der Waals surface area contributed by atoms with Gasteiger partial charge in [-0.05, 0) is 18.2 Å². The second kappa shape index (κ2) is 3.15. The molecule has 0 aliphatic carbocycles. The van der Waals surface area contributed by atoms with Crippen molar-refractivity contribution in [1.29, 1.82) is 0 Å². The highest BCUT2D eigenvalue weighted by Gasteiger charge is 2.07. The average molecular weight is 208 g/mol. The van der Waals surface area contributed by atoms with Gasteiger partial charge in [-0.25, -0.2) is 4.98 Å². The van der Waals surface area contributed by atoms with Crippen molar-refractivity contribution in [1.82, 2.24) is 4.98 Å². The number of amidine groups is 1. The number of hydrogen-bond donors (Lipinski definition) is 3. The third-order valence-corrected chi connectivity index (χ3v) is 2.80. The van der Waals surface area contributed by atoms with Crippen LogP contribution in [0.4, 0.5) is 5.69 Å². The molecule has 0 saturated carbocycles. The number of oxime groups is 1. The average Bonchev–Trinajstić information content (AvgIpc) is 2.59. The second-order valence-electron chi connectivity index (χ2n) is 2.73. The van der Waals surface area contributed by atoms with Gasteiger partial charge in [-0.1, -0.05) is 5.16 Å². The van der Waals surface area contributed by atoms with Crippen LogP contribution in [0, 0.1) is 0 Å². The number of benzene rings is 1. The van der Waals surface area contributed by atoms with Gasteiger partial charge in [0.15, 0.2) is 10.8 Å². The van der Waals surface area contributed by atoms with Crippen molar-refractivity contribution in [2.75, 3.05) is 5.73 Å². The lowest BCUT2D eigenvalue weighted by molar-refractivity contribution is 0.318. The first-order valence-electron chi connectivity index (χ1n) is 3.84. The molecule has 0 amide bonds. The van der Waals surface area contributed by atoms with E-state index in [4.69, 9.17) is 16.7 Å². The zero-order valence-electron chi connectivity index (χ0n) is 7.14. The van der Waals surface area contributed by atoms with E-state index in [1.165, 1.54) is 11.3 Å². The van der Waals surface area contributed by atoms with Crippen LogP contribution in [0.1, 0.15) is 5.01 Å². The summed E-state index contributed by atoms with van der Waals surface area (Å²) in [6, 6.07) is 5.40. The summed E-state index contributed by atoms with van der Waals surface area (Å²) >= 11 is 1.36. The molecule has 0 radical (unpaired) electrons. The number of fused-ring (bicyclic) bond motifs is 1. The van der Waals surface area contributed by atoms with Gasteiger partial charge in [0, 0.05) is 5.69 Å². The van der Waals surface area contributed by atoms with Crippen LogP contribution in [0.2, 0.25) is 0 Å². The van der Waals surface area contributed by atoms with Crippen molar-refractivity contribution in [3.8, 4) is 0 Å². The van der Waals surface area contributed by atoms with Crippen molar-refractivity contribution < 1.29 is 5.21 Å². The van der Waals surface area contributed by atoms with E-state index in [0.29, 0.717) is 10.7 Å². The van der Waals surface area contributed by atoms with Crippen LogP contribution in [0.25, 0.3) is 10.2 Å². The minimum atomic E-state index is 0.0183. The zero-order valence-corrected chi connectivity index (χ0v) is 7.95. The molecule has 2 rings (SSSR count). The standard InChI is InChI=1S/C8H8N4OS/c9-4-1-2-6-5(3-4)11-8(14-6)7(10)12-13/h1-3,13H,9H2,(H2,10,12). The molecule has 0 aliphatic rings.